The molecule has 138 valence electrons. The van der Waals surface area contributed by atoms with Gasteiger partial charge in [0, 0.05) is 6.42 Å². The summed E-state index contributed by atoms with van der Waals surface area (Å²) in [5.74, 6) is 0.556. The van der Waals surface area contributed by atoms with Gasteiger partial charge < -0.3 is 0 Å². The van der Waals surface area contributed by atoms with Crippen LogP contribution < -0.4 is 0 Å². The van der Waals surface area contributed by atoms with Gasteiger partial charge in [-0.25, -0.2) is 0 Å². The van der Waals surface area contributed by atoms with E-state index in [2.05, 4.69) is 38.6 Å². The number of allylic oxidation sites excluding steroid dienone is 3. The van der Waals surface area contributed by atoms with Gasteiger partial charge in [0.05, 0.1) is 0 Å². The number of carbonyl (C=O) groups excluding carboxylic acids is 2. The second-order valence-electron chi connectivity index (χ2n) is 8.40. The van der Waals surface area contributed by atoms with Gasteiger partial charge in [0.25, 0.3) is 0 Å². The Bertz CT molecular complexity index is 765. The number of carbonyl (C=O) groups is 2. The normalized spacial score (nSPS) is 28.0. The summed E-state index contributed by atoms with van der Waals surface area (Å²) in [5, 5.41) is 0. The van der Waals surface area contributed by atoms with Crippen molar-refractivity contribution in [2.75, 3.05) is 0 Å². The van der Waals surface area contributed by atoms with Crippen LogP contribution >= 0.6 is 0 Å². The van der Waals surface area contributed by atoms with Crippen LogP contribution in [-0.2, 0) is 9.59 Å². The van der Waals surface area contributed by atoms with Gasteiger partial charge in [0.15, 0.2) is 11.6 Å². The lowest BCUT2D eigenvalue weighted by molar-refractivity contribution is -0.123. The molecule has 2 saturated carbocycles. The smallest absolute Gasteiger partial charge is 0.173 e. The van der Waals surface area contributed by atoms with Crippen LogP contribution in [0.2, 0.25) is 0 Å². The van der Waals surface area contributed by atoms with Crippen molar-refractivity contribution < 1.29 is 9.59 Å². The largest absolute Gasteiger partial charge is 0.298 e. The Morgan fingerprint density at radius 1 is 1.04 bits per heavy atom. The summed E-state index contributed by atoms with van der Waals surface area (Å²) >= 11 is 0. The summed E-state index contributed by atoms with van der Waals surface area (Å²) < 4.78 is 0. The molecule has 0 aliphatic heterocycles. The topological polar surface area (TPSA) is 34.1 Å². The maximum Gasteiger partial charge on any atom is 0.173 e. The van der Waals surface area contributed by atoms with E-state index < -0.39 is 5.92 Å². The van der Waals surface area contributed by atoms with Gasteiger partial charge in [-0.15, -0.1) is 0 Å². The Morgan fingerprint density at radius 2 is 1.62 bits per heavy atom. The average Bonchev–Trinajstić information content (AvgIpc) is 2.82. The molecule has 26 heavy (non-hydrogen) atoms. The minimum Gasteiger partial charge on any atom is -0.298 e. The van der Waals surface area contributed by atoms with E-state index >= 15 is 0 Å². The predicted octanol–water partition coefficient (Wildman–Crippen LogP) is 5.55. The standard InChI is InChI=1S/C24H30O2/c1-14(2)19-8-6-18(7-9-19)12-20-13-21(25)23(24(20)26)22-16(4)10-15(3)11-17(22)5/h10-12,18-19,23H,1,6-9,13H2,2-5H3/b20-12+. The van der Waals surface area contributed by atoms with Crippen molar-refractivity contribution in [3.05, 3.63) is 58.2 Å². The van der Waals surface area contributed by atoms with Crippen molar-refractivity contribution in [3.63, 3.8) is 0 Å². The van der Waals surface area contributed by atoms with Gasteiger partial charge in [-0.05, 0) is 87.5 Å². The fourth-order valence-corrected chi connectivity index (χ4v) is 4.85. The molecule has 0 spiro atoms. The molecule has 2 heteroatoms. The van der Waals surface area contributed by atoms with E-state index in [9.17, 15) is 9.59 Å². The lowest BCUT2D eigenvalue weighted by Gasteiger charge is -2.27. The van der Waals surface area contributed by atoms with Crippen LogP contribution in [0.3, 0.4) is 0 Å². The van der Waals surface area contributed by atoms with Crippen LogP contribution in [0.5, 0.6) is 0 Å². The van der Waals surface area contributed by atoms with Gasteiger partial charge >= 0.3 is 0 Å². The van der Waals surface area contributed by atoms with Gasteiger partial charge in [0.1, 0.15) is 5.92 Å². The third-order valence-electron chi connectivity index (χ3n) is 6.20. The molecule has 1 atom stereocenters. The summed E-state index contributed by atoms with van der Waals surface area (Å²) in [6.45, 7) is 12.3. The first-order chi connectivity index (χ1) is 12.3. The van der Waals surface area contributed by atoms with E-state index in [0.717, 1.165) is 47.9 Å². The van der Waals surface area contributed by atoms with Crippen molar-refractivity contribution in [3.8, 4) is 0 Å². The number of rotatable bonds is 3. The summed E-state index contributed by atoms with van der Waals surface area (Å²) in [6, 6.07) is 4.15. The molecular formula is C24H30O2. The predicted molar refractivity (Wildman–Crippen MR) is 106 cm³/mol. The van der Waals surface area contributed by atoms with Gasteiger partial charge in [0.2, 0.25) is 0 Å². The summed E-state index contributed by atoms with van der Waals surface area (Å²) in [7, 11) is 0. The number of aryl methyl sites for hydroxylation is 3. The lowest BCUT2D eigenvalue weighted by atomic mass is 9.78. The Balaban J connectivity index is 1.81. The molecule has 1 aromatic rings. The second kappa shape index (κ2) is 7.34. The number of Topliss-reactive ketones (excluding diaryl/α,β-unsaturated/α-hetero) is 2. The molecule has 2 fully saturated rings. The number of ketones is 2. The van der Waals surface area contributed by atoms with Crippen LogP contribution in [0, 0.1) is 32.6 Å². The monoisotopic (exact) mass is 350 g/mol. The fourth-order valence-electron chi connectivity index (χ4n) is 4.85. The first kappa shape index (κ1) is 18.8. The summed E-state index contributed by atoms with van der Waals surface area (Å²) in [5.41, 5.74) is 6.23. The number of hydrogen-bond donors (Lipinski definition) is 0. The molecule has 0 radical (unpaired) electrons. The highest BCUT2D eigenvalue weighted by Gasteiger charge is 2.40. The molecule has 3 rings (SSSR count). The molecule has 2 nitrogen and oxygen atoms in total. The van der Waals surface area contributed by atoms with Crippen LogP contribution in [0.1, 0.15) is 67.2 Å². The zero-order chi connectivity index (χ0) is 19.0. The van der Waals surface area contributed by atoms with Crippen molar-refractivity contribution in [1.29, 1.82) is 0 Å². The van der Waals surface area contributed by atoms with E-state index in [1.807, 2.05) is 13.8 Å². The van der Waals surface area contributed by atoms with E-state index in [-0.39, 0.29) is 11.6 Å². The quantitative estimate of drug-likeness (QED) is 0.407. The molecule has 2 aliphatic rings. The van der Waals surface area contributed by atoms with E-state index in [1.165, 1.54) is 11.1 Å². The van der Waals surface area contributed by atoms with E-state index in [4.69, 9.17) is 0 Å². The molecule has 0 aromatic heterocycles. The molecule has 1 aromatic carbocycles. The Kier molecular flexibility index (Phi) is 5.32. The third-order valence-corrected chi connectivity index (χ3v) is 6.20. The Labute approximate surface area is 157 Å². The lowest BCUT2D eigenvalue weighted by Crippen LogP contribution is -2.16. The minimum absolute atomic E-state index is 0.0343. The molecule has 0 bridgehead atoms. The SMILES string of the molecule is C=C(C)C1CCC(/C=C2\CC(=O)C(c3c(C)cc(C)cc3C)C2=O)CC1. The average molecular weight is 351 g/mol. The summed E-state index contributed by atoms with van der Waals surface area (Å²) in [4.78, 5) is 25.7. The Morgan fingerprint density at radius 3 is 2.15 bits per heavy atom. The highest BCUT2D eigenvalue weighted by Crippen LogP contribution is 2.39. The van der Waals surface area contributed by atoms with Crippen LogP contribution in [0.25, 0.3) is 0 Å². The van der Waals surface area contributed by atoms with Crippen LogP contribution in [0.4, 0.5) is 0 Å². The first-order valence-corrected chi connectivity index (χ1v) is 9.78. The van der Waals surface area contributed by atoms with Crippen molar-refractivity contribution >= 4 is 11.6 Å². The molecule has 0 amide bonds. The maximum absolute atomic E-state index is 13.0. The van der Waals surface area contributed by atoms with E-state index in [1.54, 1.807) is 0 Å². The fraction of sp³-hybridized carbons (Fsp3) is 0.500. The highest BCUT2D eigenvalue weighted by molar-refractivity contribution is 6.23. The Hall–Kier alpha value is -1.96. The highest BCUT2D eigenvalue weighted by atomic mass is 16.2. The van der Waals surface area contributed by atoms with E-state index in [0.29, 0.717) is 18.3 Å². The zero-order valence-corrected chi connectivity index (χ0v) is 16.5. The van der Waals surface area contributed by atoms with Crippen molar-refractivity contribution in [2.24, 2.45) is 11.8 Å². The maximum atomic E-state index is 13.0. The molecule has 2 aliphatic carbocycles. The number of benzene rings is 1. The third kappa shape index (κ3) is 3.60. The second-order valence-corrected chi connectivity index (χ2v) is 8.40. The molecule has 0 N–H and O–H groups in total. The minimum atomic E-state index is -0.589. The van der Waals surface area contributed by atoms with Gasteiger partial charge in [-0.2, -0.15) is 0 Å². The zero-order valence-electron chi connectivity index (χ0n) is 16.5. The first-order valence-electron chi connectivity index (χ1n) is 9.78. The molecular weight excluding hydrogens is 320 g/mol. The van der Waals surface area contributed by atoms with Crippen molar-refractivity contribution in [1.82, 2.24) is 0 Å². The van der Waals surface area contributed by atoms with Crippen LogP contribution in [0.15, 0.2) is 35.9 Å². The van der Waals surface area contributed by atoms with Gasteiger partial charge in [-0.1, -0.05) is 35.9 Å². The van der Waals surface area contributed by atoms with Gasteiger partial charge in [-0.3, -0.25) is 9.59 Å². The molecule has 0 heterocycles. The molecule has 0 saturated heterocycles. The van der Waals surface area contributed by atoms with Crippen molar-refractivity contribution in [2.45, 2.75) is 65.7 Å². The number of hydrogen-bond acceptors (Lipinski definition) is 2. The molecule has 1 unspecified atom stereocenters. The summed E-state index contributed by atoms with van der Waals surface area (Å²) in [6.07, 6.45) is 6.90. The van der Waals surface area contributed by atoms with Crippen LogP contribution in [-0.4, -0.2) is 11.6 Å².